The maximum Gasteiger partial charge on any atom is 0.269 e. The van der Waals surface area contributed by atoms with Crippen LogP contribution in [0, 0.1) is 0 Å². The van der Waals surface area contributed by atoms with Crippen molar-refractivity contribution in [3.05, 3.63) is 34.3 Å². The van der Waals surface area contributed by atoms with Crippen LogP contribution in [0.4, 0.5) is 5.69 Å². The Bertz CT molecular complexity index is 1130. The maximum atomic E-state index is 12.7. The van der Waals surface area contributed by atoms with Gasteiger partial charge in [-0.15, -0.1) is 11.3 Å². The van der Waals surface area contributed by atoms with E-state index in [1.54, 1.807) is 18.8 Å². The molecular formula is C24H30N6O4S. The van der Waals surface area contributed by atoms with Crippen molar-refractivity contribution in [1.82, 2.24) is 20.1 Å². The van der Waals surface area contributed by atoms with Crippen LogP contribution in [0.2, 0.25) is 0 Å². The van der Waals surface area contributed by atoms with Gasteiger partial charge in [-0.05, 0) is 32.4 Å². The molecule has 1 N–H and O–H groups in total. The van der Waals surface area contributed by atoms with Crippen LogP contribution in [0.5, 0.6) is 11.5 Å². The van der Waals surface area contributed by atoms with Gasteiger partial charge >= 0.3 is 0 Å². The number of benzene rings is 1. The topological polar surface area (TPSA) is 101 Å². The molecule has 0 spiro atoms. The fourth-order valence-electron chi connectivity index (χ4n) is 4.73. The Balaban J connectivity index is 1.31. The van der Waals surface area contributed by atoms with Crippen molar-refractivity contribution in [3.8, 4) is 11.5 Å². The van der Waals surface area contributed by atoms with E-state index in [4.69, 9.17) is 19.2 Å². The van der Waals surface area contributed by atoms with E-state index < -0.39 is 0 Å². The van der Waals surface area contributed by atoms with Crippen molar-refractivity contribution >= 4 is 34.7 Å². The molecule has 1 saturated heterocycles. The largest absolute Gasteiger partial charge is 0.491 e. The zero-order valence-corrected chi connectivity index (χ0v) is 21.0. The molecule has 3 aliphatic rings. The van der Waals surface area contributed by atoms with E-state index in [9.17, 15) is 4.79 Å². The smallest absolute Gasteiger partial charge is 0.269 e. The van der Waals surface area contributed by atoms with Crippen LogP contribution < -0.4 is 14.8 Å². The first kappa shape index (κ1) is 23.7. The number of rotatable bonds is 7. The highest BCUT2D eigenvalue weighted by atomic mass is 32.1. The number of aromatic nitrogens is 1. The molecule has 2 atom stereocenters. The summed E-state index contributed by atoms with van der Waals surface area (Å²) in [5, 5.41) is 2.91. The quantitative estimate of drug-likeness (QED) is 0.586. The Labute approximate surface area is 208 Å². The van der Waals surface area contributed by atoms with Crippen LogP contribution in [-0.4, -0.2) is 91.1 Å². The van der Waals surface area contributed by atoms with Crippen LogP contribution in [0.3, 0.4) is 0 Å². The van der Waals surface area contributed by atoms with Crippen molar-refractivity contribution < 1.29 is 19.0 Å². The number of ether oxygens (including phenoxy) is 3. The second kappa shape index (κ2) is 10.3. The second-order valence-corrected chi connectivity index (χ2v) is 9.71. The molecule has 1 fully saturated rings. The molecule has 5 rings (SSSR count). The Morgan fingerprint density at radius 2 is 2.11 bits per heavy atom. The molecule has 1 amide bonds. The van der Waals surface area contributed by atoms with Gasteiger partial charge in [-0.1, -0.05) is 0 Å². The number of amidine groups is 1. The summed E-state index contributed by atoms with van der Waals surface area (Å²) in [5.41, 5.74) is 3.10. The zero-order chi connectivity index (χ0) is 24.4. The second-order valence-electron chi connectivity index (χ2n) is 8.82. The number of thiazole rings is 1. The molecular weight excluding hydrogens is 468 g/mol. The van der Waals surface area contributed by atoms with E-state index in [2.05, 4.69) is 34.0 Å². The number of nitrogens with zero attached hydrogens (tertiary/aromatic N) is 5. The van der Waals surface area contributed by atoms with E-state index >= 15 is 0 Å². The molecule has 0 bridgehead atoms. The first-order valence-corrected chi connectivity index (χ1v) is 12.7. The van der Waals surface area contributed by atoms with E-state index in [0.29, 0.717) is 47.7 Å². The number of hydrogen-bond donors (Lipinski definition) is 1. The first-order valence-electron chi connectivity index (χ1n) is 11.9. The van der Waals surface area contributed by atoms with Crippen LogP contribution in [0.25, 0.3) is 0 Å². The van der Waals surface area contributed by atoms with E-state index in [0.717, 1.165) is 37.5 Å². The summed E-state index contributed by atoms with van der Waals surface area (Å²) in [6, 6.07) is 3.87. The summed E-state index contributed by atoms with van der Waals surface area (Å²) in [6.07, 6.45) is 2.94. The number of carbonyl (C=O) groups is 1. The van der Waals surface area contributed by atoms with Gasteiger partial charge in [0.15, 0.2) is 11.5 Å². The number of morpholine rings is 1. The third kappa shape index (κ3) is 5.02. The van der Waals surface area contributed by atoms with Gasteiger partial charge in [0, 0.05) is 31.7 Å². The number of nitrogens with one attached hydrogen (secondary N) is 1. The number of aliphatic imine (C=N–C) groups is 2. The summed E-state index contributed by atoms with van der Waals surface area (Å²) >= 11 is 1.28. The minimum atomic E-state index is -0.251. The van der Waals surface area contributed by atoms with Crippen molar-refractivity contribution in [2.24, 2.45) is 9.98 Å². The molecule has 4 heterocycles. The highest BCUT2D eigenvalue weighted by Gasteiger charge is 2.33. The zero-order valence-electron chi connectivity index (χ0n) is 20.2. The van der Waals surface area contributed by atoms with Crippen LogP contribution >= 0.6 is 11.3 Å². The number of guanidine groups is 1. The van der Waals surface area contributed by atoms with Crippen LogP contribution in [0.1, 0.15) is 35.5 Å². The summed E-state index contributed by atoms with van der Waals surface area (Å²) in [4.78, 5) is 31.0. The molecule has 3 aliphatic heterocycles. The van der Waals surface area contributed by atoms with Crippen LogP contribution in [0.15, 0.2) is 33.8 Å². The number of amides is 1. The minimum Gasteiger partial charge on any atom is -0.491 e. The lowest BCUT2D eigenvalue weighted by atomic mass is 10.1. The number of hydrogen-bond acceptors (Lipinski definition) is 10. The van der Waals surface area contributed by atoms with E-state index in [1.165, 1.54) is 11.3 Å². The van der Waals surface area contributed by atoms with Gasteiger partial charge in [0.2, 0.25) is 5.96 Å². The first-order chi connectivity index (χ1) is 17.0. The number of carbonyl (C=O) groups excluding carboxylic acids is 1. The summed E-state index contributed by atoms with van der Waals surface area (Å²) in [5.74, 6) is 2.11. The Morgan fingerprint density at radius 3 is 2.86 bits per heavy atom. The van der Waals surface area contributed by atoms with Crippen molar-refractivity contribution in [3.63, 3.8) is 0 Å². The summed E-state index contributed by atoms with van der Waals surface area (Å²) in [7, 11) is 1.60. The lowest BCUT2D eigenvalue weighted by molar-refractivity contribution is -0.0686. The number of fused-ring (bicyclic) bond motifs is 3. The van der Waals surface area contributed by atoms with Gasteiger partial charge < -0.3 is 14.2 Å². The normalized spacial score (nSPS) is 21.6. The van der Waals surface area contributed by atoms with Gasteiger partial charge in [-0.3, -0.25) is 29.9 Å². The Hall–Kier alpha value is -3.02. The molecule has 1 aromatic carbocycles. The Kier molecular flexibility index (Phi) is 6.98. The fourth-order valence-corrected chi connectivity index (χ4v) is 5.24. The van der Waals surface area contributed by atoms with Gasteiger partial charge in [0.25, 0.3) is 5.91 Å². The molecule has 10 nitrogen and oxygen atoms in total. The molecule has 0 aliphatic carbocycles. The lowest BCUT2D eigenvalue weighted by Crippen LogP contribution is -2.47. The minimum absolute atomic E-state index is 0.251. The van der Waals surface area contributed by atoms with E-state index in [-0.39, 0.29) is 18.1 Å². The van der Waals surface area contributed by atoms with Crippen molar-refractivity contribution in [2.45, 2.75) is 32.5 Å². The predicted octanol–water partition coefficient (Wildman–Crippen LogP) is 2.52. The molecule has 2 aromatic rings. The molecule has 35 heavy (non-hydrogen) atoms. The number of methoxy groups -OCH3 is 1. The monoisotopic (exact) mass is 498 g/mol. The Morgan fingerprint density at radius 1 is 1.29 bits per heavy atom. The lowest BCUT2D eigenvalue weighted by Gasteiger charge is -2.35. The predicted molar refractivity (Wildman–Crippen MR) is 134 cm³/mol. The molecule has 186 valence electrons. The fraction of sp³-hybridized carbons (Fsp3) is 0.500. The third-order valence-corrected chi connectivity index (χ3v) is 6.88. The van der Waals surface area contributed by atoms with Gasteiger partial charge in [-0.2, -0.15) is 0 Å². The van der Waals surface area contributed by atoms with Gasteiger partial charge in [0.05, 0.1) is 44.2 Å². The molecule has 11 heteroatoms. The van der Waals surface area contributed by atoms with Gasteiger partial charge in [0.1, 0.15) is 16.4 Å². The van der Waals surface area contributed by atoms with Crippen LogP contribution in [-0.2, 0) is 4.74 Å². The molecule has 0 radical (unpaired) electrons. The average molecular weight is 499 g/mol. The highest BCUT2D eigenvalue weighted by molar-refractivity contribution is 7.11. The SMILES string of the molecule is COc1c(OCCCN2C[C@@H](C)O[C@@H](C)C2)ccc2c1N=C(NC(=O)c1cncs1)N1CCN=C21. The van der Waals surface area contributed by atoms with Crippen molar-refractivity contribution in [1.29, 1.82) is 0 Å². The van der Waals surface area contributed by atoms with Gasteiger partial charge in [-0.25, -0.2) is 4.99 Å². The molecule has 0 unspecified atom stereocenters. The standard InChI is InChI=1S/C24H30N6O4S/c1-15-12-29(13-16(2)34-15)8-4-10-33-18-6-5-17-20(21(18)32-3)27-24(30-9-7-26-22(17)30)28-23(31)19-11-25-14-35-19/h5-6,11,14-16H,4,7-10,12-13H2,1-3H3,(H,27,28,31)/t15-,16+. The molecule has 0 saturated carbocycles. The average Bonchev–Trinajstić information content (AvgIpc) is 3.54. The summed E-state index contributed by atoms with van der Waals surface area (Å²) in [6.45, 7) is 8.89. The maximum absolute atomic E-state index is 12.7. The van der Waals surface area contributed by atoms with Crippen molar-refractivity contribution in [2.75, 3.05) is 46.4 Å². The van der Waals surface area contributed by atoms with E-state index in [1.807, 2.05) is 17.0 Å². The third-order valence-electron chi connectivity index (χ3n) is 6.11. The molecule has 1 aromatic heterocycles. The highest BCUT2D eigenvalue weighted by Crippen LogP contribution is 2.43. The summed E-state index contributed by atoms with van der Waals surface area (Å²) < 4.78 is 17.7.